The molecule has 0 bridgehead atoms. The van der Waals surface area contributed by atoms with E-state index in [1.165, 1.54) is 0 Å². The molecule has 0 saturated carbocycles. The smallest absolute Gasteiger partial charge is 0.184 e. The van der Waals surface area contributed by atoms with Gasteiger partial charge in [-0.2, -0.15) is 0 Å². The van der Waals surface area contributed by atoms with Gasteiger partial charge in [-0.05, 0) is 24.8 Å². The average Bonchev–Trinajstić information content (AvgIpc) is 2.36. The molecular weight excluding hydrogens is 128 g/mol. The molecule has 10 heavy (non-hydrogen) atoms. The zero-order valence-electron chi connectivity index (χ0n) is 5.75. The van der Waals surface area contributed by atoms with E-state index in [4.69, 9.17) is 4.74 Å². The molecule has 0 spiro atoms. The number of carbonyl (C=O) groups excluding carboxylic acids is 1. The Kier molecular flexibility index (Phi) is 1.34. The van der Waals surface area contributed by atoms with E-state index in [0.717, 1.165) is 19.4 Å². The topological polar surface area (TPSA) is 26.3 Å². The van der Waals surface area contributed by atoms with Crippen LogP contribution >= 0.6 is 0 Å². The van der Waals surface area contributed by atoms with Gasteiger partial charge in [0.05, 0.1) is 0 Å². The van der Waals surface area contributed by atoms with Gasteiger partial charge >= 0.3 is 0 Å². The van der Waals surface area contributed by atoms with Gasteiger partial charge in [-0.1, -0.05) is 6.08 Å². The van der Waals surface area contributed by atoms with Gasteiger partial charge in [0, 0.05) is 6.61 Å². The lowest BCUT2D eigenvalue weighted by atomic mass is 9.90. The summed E-state index contributed by atoms with van der Waals surface area (Å²) in [5.74, 6) is 0.645. The molecule has 0 amide bonds. The van der Waals surface area contributed by atoms with Crippen LogP contribution in [0.5, 0.6) is 0 Å². The molecule has 1 aliphatic heterocycles. The van der Waals surface area contributed by atoms with Crippen molar-refractivity contribution in [2.75, 3.05) is 6.61 Å². The maximum atomic E-state index is 11.1. The molecule has 2 atom stereocenters. The summed E-state index contributed by atoms with van der Waals surface area (Å²) in [6.45, 7) is 0.767. The third-order valence-corrected chi connectivity index (χ3v) is 2.22. The zero-order valence-corrected chi connectivity index (χ0v) is 5.75. The fourth-order valence-corrected chi connectivity index (χ4v) is 1.64. The number of carbonyl (C=O) groups is 1. The SMILES string of the molecule is O=C1C=CCC2CCOC12. The van der Waals surface area contributed by atoms with Gasteiger partial charge in [-0.25, -0.2) is 0 Å². The van der Waals surface area contributed by atoms with Crippen LogP contribution < -0.4 is 0 Å². The van der Waals surface area contributed by atoms with Crippen LogP contribution in [0.2, 0.25) is 0 Å². The fraction of sp³-hybridized carbons (Fsp3) is 0.625. The lowest BCUT2D eigenvalue weighted by Crippen LogP contribution is -2.27. The number of ether oxygens (including phenoxy) is 1. The van der Waals surface area contributed by atoms with E-state index in [9.17, 15) is 4.79 Å². The standard InChI is InChI=1S/C8H10O2/c9-7-3-1-2-6-4-5-10-8(6)7/h1,3,6,8H,2,4-5H2. The van der Waals surface area contributed by atoms with Crippen molar-refractivity contribution in [3.8, 4) is 0 Å². The first-order valence-corrected chi connectivity index (χ1v) is 3.70. The van der Waals surface area contributed by atoms with Crippen LogP contribution in [0.15, 0.2) is 12.2 Å². The molecule has 2 nitrogen and oxygen atoms in total. The van der Waals surface area contributed by atoms with Gasteiger partial charge in [0.1, 0.15) is 6.10 Å². The molecule has 2 rings (SSSR count). The van der Waals surface area contributed by atoms with E-state index in [1.54, 1.807) is 6.08 Å². The maximum absolute atomic E-state index is 11.1. The highest BCUT2D eigenvalue weighted by atomic mass is 16.5. The summed E-state index contributed by atoms with van der Waals surface area (Å²) in [6, 6.07) is 0. The van der Waals surface area contributed by atoms with Crippen molar-refractivity contribution < 1.29 is 9.53 Å². The Balaban J connectivity index is 2.20. The number of hydrogen-bond donors (Lipinski definition) is 0. The number of allylic oxidation sites excluding steroid dienone is 1. The molecule has 0 N–H and O–H groups in total. The molecule has 0 aromatic heterocycles. The normalized spacial score (nSPS) is 38.2. The molecule has 0 aromatic carbocycles. The van der Waals surface area contributed by atoms with Crippen LogP contribution in [0.4, 0.5) is 0 Å². The summed E-state index contributed by atoms with van der Waals surface area (Å²) in [4.78, 5) is 11.1. The maximum Gasteiger partial charge on any atom is 0.184 e. The summed E-state index contributed by atoms with van der Waals surface area (Å²) in [5, 5.41) is 0. The third-order valence-electron chi connectivity index (χ3n) is 2.22. The van der Waals surface area contributed by atoms with Gasteiger partial charge < -0.3 is 4.74 Å². The van der Waals surface area contributed by atoms with Gasteiger partial charge in [0.25, 0.3) is 0 Å². The van der Waals surface area contributed by atoms with Crippen molar-refractivity contribution in [3.63, 3.8) is 0 Å². The summed E-state index contributed by atoms with van der Waals surface area (Å²) >= 11 is 0. The van der Waals surface area contributed by atoms with E-state index in [1.807, 2.05) is 6.08 Å². The predicted octanol–water partition coefficient (Wildman–Crippen LogP) is 0.920. The number of ketones is 1. The third kappa shape index (κ3) is 0.797. The second-order valence-corrected chi connectivity index (χ2v) is 2.88. The largest absolute Gasteiger partial charge is 0.370 e. The quantitative estimate of drug-likeness (QED) is 0.497. The molecular formula is C8H10O2. The van der Waals surface area contributed by atoms with E-state index in [2.05, 4.69) is 0 Å². The highest BCUT2D eigenvalue weighted by Gasteiger charge is 2.33. The molecule has 2 aliphatic rings. The summed E-state index contributed by atoms with van der Waals surface area (Å²) < 4.78 is 5.27. The first kappa shape index (κ1) is 6.10. The second-order valence-electron chi connectivity index (χ2n) is 2.88. The lowest BCUT2D eigenvalue weighted by molar-refractivity contribution is -0.125. The van der Waals surface area contributed by atoms with Crippen LogP contribution in [0.3, 0.4) is 0 Å². The first-order valence-electron chi connectivity index (χ1n) is 3.70. The molecule has 1 saturated heterocycles. The molecule has 2 unspecified atom stereocenters. The number of fused-ring (bicyclic) bond motifs is 1. The minimum atomic E-state index is -0.0926. The number of hydrogen-bond acceptors (Lipinski definition) is 2. The van der Waals surface area contributed by atoms with Crippen LogP contribution in [-0.2, 0) is 9.53 Å². The Hall–Kier alpha value is -0.630. The molecule has 0 radical (unpaired) electrons. The predicted molar refractivity (Wildman–Crippen MR) is 36.6 cm³/mol. The van der Waals surface area contributed by atoms with E-state index in [-0.39, 0.29) is 11.9 Å². The van der Waals surface area contributed by atoms with Crippen molar-refractivity contribution >= 4 is 5.78 Å². The van der Waals surface area contributed by atoms with Crippen LogP contribution in [0.25, 0.3) is 0 Å². The molecule has 1 aliphatic carbocycles. The Morgan fingerprint density at radius 1 is 1.60 bits per heavy atom. The van der Waals surface area contributed by atoms with Gasteiger partial charge in [0.15, 0.2) is 5.78 Å². The minimum absolute atomic E-state index is 0.0926. The number of rotatable bonds is 0. The highest BCUT2D eigenvalue weighted by Crippen LogP contribution is 2.28. The van der Waals surface area contributed by atoms with Crippen molar-refractivity contribution in [3.05, 3.63) is 12.2 Å². The summed E-state index contributed by atoms with van der Waals surface area (Å²) in [5.41, 5.74) is 0. The first-order chi connectivity index (χ1) is 4.88. The molecule has 0 aromatic rings. The monoisotopic (exact) mass is 138 g/mol. The van der Waals surface area contributed by atoms with Crippen molar-refractivity contribution in [2.24, 2.45) is 5.92 Å². The van der Waals surface area contributed by atoms with Crippen LogP contribution in [0.1, 0.15) is 12.8 Å². The van der Waals surface area contributed by atoms with Gasteiger partial charge in [-0.15, -0.1) is 0 Å². The summed E-state index contributed by atoms with van der Waals surface area (Å²) in [7, 11) is 0. The molecule has 2 heteroatoms. The van der Waals surface area contributed by atoms with Crippen molar-refractivity contribution in [1.82, 2.24) is 0 Å². The average molecular weight is 138 g/mol. The Morgan fingerprint density at radius 3 is 3.30 bits per heavy atom. The van der Waals surface area contributed by atoms with Crippen LogP contribution in [-0.4, -0.2) is 18.5 Å². The summed E-state index contributed by atoms with van der Waals surface area (Å²) in [6.07, 6.45) is 5.59. The highest BCUT2D eigenvalue weighted by molar-refractivity contribution is 5.94. The van der Waals surface area contributed by atoms with Crippen molar-refractivity contribution in [1.29, 1.82) is 0 Å². The van der Waals surface area contributed by atoms with Crippen molar-refractivity contribution in [2.45, 2.75) is 18.9 Å². The van der Waals surface area contributed by atoms with E-state index in [0.29, 0.717) is 5.92 Å². The van der Waals surface area contributed by atoms with E-state index >= 15 is 0 Å². The molecule has 1 fully saturated rings. The van der Waals surface area contributed by atoms with Gasteiger partial charge in [0.2, 0.25) is 0 Å². The molecule has 54 valence electrons. The zero-order chi connectivity index (χ0) is 6.97. The lowest BCUT2D eigenvalue weighted by Gasteiger charge is -2.17. The molecule has 1 heterocycles. The Bertz CT molecular complexity index is 184. The minimum Gasteiger partial charge on any atom is -0.370 e. The van der Waals surface area contributed by atoms with Crippen LogP contribution in [0, 0.1) is 5.92 Å². The Labute approximate surface area is 59.9 Å². The van der Waals surface area contributed by atoms with Gasteiger partial charge in [-0.3, -0.25) is 4.79 Å². The second kappa shape index (κ2) is 2.20. The Morgan fingerprint density at radius 2 is 2.50 bits per heavy atom. The van der Waals surface area contributed by atoms with E-state index < -0.39 is 0 Å². The fourth-order valence-electron chi connectivity index (χ4n) is 1.64.